The van der Waals surface area contributed by atoms with E-state index in [1.807, 2.05) is 32.0 Å². The Hall–Kier alpha value is -1.11. The van der Waals surface area contributed by atoms with E-state index in [-0.39, 0.29) is 5.84 Å². The molecular formula is C15H23BrN4O. The van der Waals surface area contributed by atoms with Gasteiger partial charge in [-0.2, -0.15) is 0 Å². The molecule has 21 heavy (non-hydrogen) atoms. The highest BCUT2D eigenvalue weighted by Crippen LogP contribution is 2.28. The minimum atomic E-state index is -0.647. The van der Waals surface area contributed by atoms with Gasteiger partial charge in [-0.15, -0.1) is 0 Å². The van der Waals surface area contributed by atoms with Gasteiger partial charge in [0, 0.05) is 42.8 Å². The zero-order valence-corrected chi connectivity index (χ0v) is 14.2. The number of benzene rings is 1. The fourth-order valence-corrected chi connectivity index (χ4v) is 3.25. The van der Waals surface area contributed by atoms with E-state index >= 15 is 0 Å². The van der Waals surface area contributed by atoms with Crippen molar-refractivity contribution in [1.29, 1.82) is 5.41 Å². The SMILES string of the molecule is CC(C)(O)CN1CCN(c2ccc(C(=N)N)cc2Br)CC1. The molecule has 1 aliphatic rings. The van der Waals surface area contributed by atoms with Crippen molar-refractivity contribution in [3.8, 4) is 0 Å². The van der Waals surface area contributed by atoms with E-state index in [1.165, 1.54) is 0 Å². The summed E-state index contributed by atoms with van der Waals surface area (Å²) >= 11 is 3.57. The highest BCUT2D eigenvalue weighted by Gasteiger charge is 2.23. The highest BCUT2D eigenvalue weighted by molar-refractivity contribution is 9.10. The summed E-state index contributed by atoms with van der Waals surface area (Å²) in [6.07, 6.45) is 0. The maximum Gasteiger partial charge on any atom is 0.122 e. The third kappa shape index (κ3) is 4.43. The molecule has 6 heteroatoms. The molecule has 0 bridgehead atoms. The molecule has 1 fully saturated rings. The number of nitrogens with two attached hydrogens (primary N) is 1. The lowest BCUT2D eigenvalue weighted by Gasteiger charge is -2.38. The number of rotatable bonds is 4. The number of hydrogen-bond donors (Lipinski definition) is 3. The molecule has 0 amide bonds. The van der Waals surface area contributed by atoms with E-state index in [2.05, 4.69) is 25.7 Å². The van der Waals surface area contributed by atoms with Crippen LogP contribution in [0.3, 0.4) is 0 Å². The summed E-state index contributed by atoms with van der Waals surface area (Å²) < 4.78 is 0.964. The molecule has 0 unspecified atom stereocenters. The van der Waals surface area contributed by atoms with Gasteiger partial charge in [-0.3, -0.25) is 10.3 Å². The lowest BCUT2D eigenvalue weighted by Crippen LogP contribution is -2.50. The molecule has 1 heterocycles. The number of nitrogens with zero attached hydrogens (tertiary/aromatic N) is 2. The van der Waals surface area contributed by atoms with Crippen molar-refractivity contribution in [2.75, 3.05) is 37.6 Å². The van der Waals surface area contributed by atoms with Gasteiger partial charge in [-0.1, -0.05) is 0 Å². The molecule has 5 nitrogen and oxygen atoms in total. The second-order valence-electron chi connectivity index (χ2n) is 6.16. The van der Waals surface area contributed by atoms with Gasteiger partial charge in [0.1, 0.15) is 5.84 Å². The Bertz CT molecular complexity index is 519. The Morgan fingerprint density at radius 3 is 2.43 bits per heavy atom. The van der Waals surface area contributed by atoms with Gasteiger partial charge < -0.3 is 15.7 Å². The van der Waals surface area contributed by atoms with Crippen molar-refractivity contribution in [3.05, 3.63) is 28.2 Å². The van der Waals surface area contributed by atoms with Crippen LogP contribution in [-0.4, -0.2) is 54.2 Å². The first-order valence-electron chi connectivity index (χ1n) is 7.10. The van der Waals surface area contributed by atoms with Gasteiger partial charge in [0.2, 0.25) is 0 Å². The predicted molar refractivity (Wildman–Crippen MR) is 90.1 cm³/mol. The van der Waals surface area contributed by atoms with Gasteiger partial charge in [-0.05, 0) is 48.0 Å². The number of aliphatic hydroxyl groups is 1. The van der Waals surface area contributed by atoms with Crippen molar-refractivity contribution in [3.63, 3.8) is 0 Å². The van der Waals surface area contributed by atoms with E-state index < -0.39 is 5.60 Å². The summed E-state index contributed by atoms with van der Waals surface area (Å²) in [6.45, 7) is 8.11. The summed E-state index contributed by atoms with van der Waals surface area (Å²) in [5, 5.41) is 17.4. The molecule has 0 aromatic heterocycles. The fourth-order valence-electron chi connectivity index (χ4n) is 2.62. The number of amidine groups is 1. The third-order valence-corrected chi connectivity index (χ3v) is 4.22. The number of β-amino-alcohol motifs (C(OH)–C–C–N with tert-alkyl or cyclic N) is 1. The third-order valence-electron chi connectivity index (χ3n) is 3.58. The predicted octanol–water partition coefficient (Wildman–Crippen LogP) is 1.63. The summed E-state index contributed by atoms with van der Waals surface area (Å²) in [5.41, 5.74) is 6.72. The summed E-state index contributed by atoms with van der Waals surface area (Å²) in [4.78, 5) is 4.60. The standard InChI is InChI=1S/C15H23BrN4O/c1-15(2,21)10-19-5-7-20(8-6-19)13-4-3-11(14(17)18)9-12(13)16/h3-4,9,21H,5-8,10H2,1-2H3,(H3,17,18). The fraction of sp³-hybridized carbons (Fsp3) is 0.533. The molecule has 1 aromatic carbocycles. The van der Waals surface area contributed by atoms with Crippen LogP contribution >= 0.6 is 15.9 Å². The molecule has 0 radical (unpaired) electrons. The van der Waals surface area contributed by atoms with Gasteiger partial charge in [0.15, 0.2) is 0 Å². The Kier molecular flexibility index (Phi) is 4.91. The van der Waals surface area contributed by atoms with E-state index in [4.69, 9.17) is 11.1 Å². The monoisotopic (exact) mass is 354 g/mol. The van der Waals surface area contributed by atoms with Crippen LogP contribution in [0.15, 0.2) is 22.7 Å². The van der Waals surface area contributed by atoms with Crippen LogP contribution in [0.5, 0.6) is 0 Å². The molecule has 1 aliphatic heterocycles. The molecule has 1 aromatic rings. The number of halogens is 1. The Morgan fingerprint density at radius 1 is 1.33 bits per heavy atom. The van der Waals surface area contributed by atoms with Crippen LogP contribution in [0, 0.1) is 5.41 Å². The summed E-state index contributed by atoms with van der Waals surface area (Å²) in [6, 6.07) is 5.78. The molecule has 4 N–H and O–H groups in total. The van der Waals surface area contributed by atoms with Crippen LogP contribution in [0.4, 0.5) is 5.69 Å². The minimum Gasteiger partial charge on any atom is -0.389 e. The maximum absolute atomic E-state index is 9.88. The lowest BCUT2D eigenvalue weighted by atomic mass is 10.1. The zero-order valence-electron chi connectivity index (χ0n) is 12.6. The molecule has 0 atom stereocenters. The topological polar surface area (TPSA) is 76.6 Å². The van der Waals surface area contributed by atoms with Gasteiger partial charge in [0.05, 0.1) is 11.3 Å². The number of nitrogens with one attached hydrogen (secondary N) is 1. The average Bonchev–Trinajstić information content (AvgIpc) is 2.38. The van der Waals surface area contributed by atoms with Gasteiger partial charge >= 0.3 is 0 Å². The van der Waals surface area contributed by atoms with Gasteiger partial charge in [-0.25, -0.2) is 0 Å². The van der Waals surface area contributed by atoms with E-state index in [9.17, 15) is 5.11 Å². The second kappa shape index (κ2) is 6.34. The number of piperazine rings is 1. The summed E-state index contributed by atoms with van der Waals surface area (Å²) in [5.74, 6) is 0.0808. The first-order chi connectivity index (χ1) is 9.76. The van der Waals surface area contributed by atoms with Crippen molar-refractivity contribution in [1.82, 2.24) is 4.90 Å². The lowest BCUT2D eigenvalue weighted by molar-refractivity contribution is 0.0345. The molecule has 0 spiro atoms. The average molecular weight is 355 g/mol. The van der Waals surface area contributed by atoms with Crippen molar-refractivity contribution in [2.45, 2.75) is 19.4 Å². The van der Waals surface area contributed by atoms with Crippen LogP contribution < -0.4 is 10.6 Å². The second-order valence-corrected chi connectivity index (χ2v) is 7.01. The van der Waals surface area contributed by atoms with Gasteiger partial charge in [0.25, 0.3) is 0 Å². The number of hydrogen-bond acceptors (Lipinski definition) is 4. The highest BCUT2D eigenvalue weighted by atomic mass is 79.9. The Balaban J connectivity index is 2.01. The number of nitrogen functional groups attached to an aromatic ring is 1. The van der Waals surface area contributed by atoms with Crippen LogP contribution in [0.1, 0.15) is 19.4 Å². The minimum absolute atomic E-state index is 0.0808. The molecule has 2 rings (SSSR count). The molecule has 0 saturated carbocycles. The molecule has 1 saturated heterocycles. The smallest absolute Gasteiger partial charge is 0.122 e. The Morgan fingerprint density at radius 2 is 1.95 bits per heavy atom. The largest absolute Gasteiger partial charge is 0.389 e. The number of anilines is 1. The first kappa shape index (κ1) is 16.3. The normalized spacial score (nSPS) is 17.0. The van der Waals surface area contributed by atoms with E-state index in [0.29, 0.717) is 6.54 Å². The van der Waals surface area contributed by atoms with E-state index in [1.54, 1.807) is 0 Å². The van der Waals surface area contributed by atoms with Crippen molar-refractivity contribution in [2.24, 2.45) is 5.73 Å². The van der Waals surface area contributed by atoms with Crippen LogP contribution in [-0.2, 0) is 0 Å². The van der Waals surface area contributed by atoms with Crippen LogP contribution in [0.2, 0.25) is 0 Å². The zero-order chi connectivity index (χ0) is 15.6. The Labute approximate surface area is 134 Å². The summed E-state index contributed by atoms with van der Waals surface area (Å²) in [7, 11) is 0. The van der Waals surface area contributed by atoms with Crippen LogP contribution in [0.25, 0.3) is 0 Å². The molecular weight excluding hydrogens is 332 g/mol. The molecule has 116 valence electrons. The van der Waals surface area contributed by atoms with E-state index in [0.717, 1.165) is 41.9 Å². The van der Waals surface area contributed by atoms with Crippen molar-refractivity contribution < 1.29 is 5.11 Å². The van der Waals surface area contributed by atoms with Crippen molar-refractivity contribution >= 4 is 27.5 Å². The first-order valence-corrected chi connectivity index (χ1v) is 7.89. The maximum atomic E-state index is 9.88. The molecule has 0 aliphatic carbocycles. The quantitative estimate of drug-likeness (QED) is 0.567.